The molecule has 136 valence electrons. The Morgan fingerprint density at radius 3 is 2.62 bits per heavy atom. The van der Waals surface area contributed by atoms with E-state index in [0.29, 0.717) is 6.61 Å². The van der Waals surface area contributed by atoms with Crippen molar-refractivity contribution in [3.05, 3.63) is 47.2 Å². The highest BCUT2D eigenvalue weighted by Crippen LogP contribution is 2.33. The highest BCUT2D eigenvalue weighted by atomic mass is 32.2. The van der Waals surface area contributed by atoms with Crippen molar-refractivity contribution in [2.24, 2.45) is 0 Å². The van der Waals surface area contributed by atoms with Crippen LogP contribution in [-0.2, 0) is 9.53 Å². The van der Waals surface area contributed by atoms with Gasteiger partial charge in [0.2, 0.25) is 0 Å². The minimum Gasteiger partial charge on any atom is -0.465 e. The van der Waals surface area contributed by atoms with Crippen LogP contribution in [-0.4, -0.2) is 32.4 Å². The first-order valence-corrected chi connectivity index (χ1v) is 9.55. The van der Waals surface area contributed by atoms with Gasteiger partial charge in [0.05, 0.1) is 12.3 Å². The van der Waals surface area contributed by atoms with E-state index < -0.39 is 0 Å². The van der Waals surface area contributed by atoms with E-state index in [1.807, 2.05) is 26.0 Å². The Balaban J connectivity index is 2.17. The monoisotopic (exact) mass is 369 g/mol. The molecule has 0 saturated carbocycles. The molecule has 1 aromatic carbocycles. The average molecular weight is 369 g/mol. The van der Waals surface area contributed by atoms with Crippen molar-refractivity contribution < 1.29 is 9.53 Å². The minimum atomic E-state index is -0.350. The summed E-state index contributed by atoms with van der Waals surface area (Å²) in [4.78, 5) is 21.4. The molecule has 0 spiro atoms. The predicted molar refractivity (Wildman–Crippen MR) is 105 cm³/mol. The molecule has 0 aliphatic carbocycles. The SMILES string of the molecule is CCOC(=O)C(C)Sc1nc2cccnc2n1-c1c(C)cc(C)cc1C. The first kappa shape index (κ1) is 18.5. The van der Waals surface area contributed by atoms with Gasteiger partial charge in [-0.1, -0.05) is 29.5 Å². The molecule has 0 N–H and O–H groups in total. The molecule has 26 heavy (non-hydrogen) atoms. The van der Waals surface area contributed by atoms with E-state index in [0.717, 1.165) is 33.1 Å². The maximum absolute atomic E-state index is 12.1. The van der Waals surface area contributed by atoms with Gasteiger partial charge in [-0.15, -0.1) is 0 Å². The Morgan fingerprint density at radius 1 is 1.27 bits per heavy atom. The van der Waals surface area contributed by atoms with Crippen LogP contribution < -0.4 is 0 Å². The fourth-order valence-corrected chi connectivity index (χ4v) is 4.08. The smallest absolute Gasteiger partial charge is 0.319 e. The fraction of sp³-hybridized carbons (Fsp3) is 0.350. The highest BCUT2D eigenvalue weighted by Gasteiger charge is 2.23. The van der Waals surface area contributed by atoms with Crippen molar-refractivity contribution in [3.8, 4) is 5.69 Å². The number of pyridine rings is 1. The summed E-state index contributed by atoms with van der Waals surface area (Å²) in [5, 5.41) is 0.394. The van der Waals surface area contributed by atoms with Crippen LogP contribution in [0.4, 0.5) is 0 Å². The van der Waals surface area contributed by atoms with Gasteiger partial charge < -0.3 is 4.74 Å². The van der Waals surface area contributed by atoms with Gasteiger partial charge in [0.1, 0.15) is 10.8 Å². The number of ether oxygens (including phenoxy) is 1. The standard InChI is InChI=1S/C20H23N3O2S/c1-6-25-19(24)15(5)26-20-22-16-8-7-9-21-18(16)23(20)17-13(3)10-12(2)11-14(17)4/h7-11,15H,6H2,1-5H3. The normalized spacial score (nSPS) is 12.3. The Hall–Kier alpha value is -2.34. The van der Waals surface area contributed by atoms with Gasteiger partial charge >= 0.3 is 5.97 Å². The second-order valence-electron chi connectivity index (χ2n) is 6.34. The first-order chi connectivity index (χ1) is 12.4. The van der Waals surface area contributed by atoms with Crippen LogP contribution in [0.5, 0.6) is 0 Å². The summed E-state index contributed by atoms with van der Waals surface area (Å²) >= 11 is 1.40. The van der Waals surface area contributed by atoms with E-state index >= 15 is 0 Å². The Kier molecular flexibility index (Phi) is 5.32. The van der Waals surface area contributed by atoms with Gasteiger partial charge in [-0.25, -0.2) is 9.97 Å². The molecule has 0 radical (unpaired) electrons. The lowest BCUT2D eigenvalue weighted by Crippen LogP contribution is -2.17. The van der Waals surface area contributed by atoms with Gasteiger partial charge in [-0.2, -0.15) is 0 Å². The Labute approximate surface area is 157 Å². The number of hydrogen-bond donors (Lipinski definition) is 0. The molecular formula is C20H23N3O2S. The van der Waals surface area contributed by atoms with Gasteiger partial charge in [0.15, 0.2) is 10.8 Å². The zero-order valence-corrected chi connectivity index (χ0v) is 16.6. The lowest BCUT2D eigenvalue weighted by molar-refractivity contribution is -0.142. The summed E-state index contributed by atoms with van der Waals surface area (Å²) in [7, 11) is 0. The first-order valence-electron chi connectivity index (χ1n) is 8.67. The zero-order valence-electron chi connectivity index (χ0n) is 15.7. The largest absolute Gasteiger partial charge is 0.465 e. The van der Waals surface area contributed by atoms with E-state index in [-0.39, 0.29) is 11.2 Å². The number of imidazole rings is 1. The topological polar surface area (TPSA) is 57.0 Å². The van der Waals surface area contributed by atoms with Crippen molar-refractivity contribution in [1.29, 1.82) is 0 Å². The van der Waals surface area contributed by atoms with Crippen molar-refractivity contribution in [3.63, 3.8) is 0 Å². The summed E-state index contributed by atoms with van der Waals surface area (Å²) in [6, 6.07) is 8.12. The number of rotatable bonds is 5. The van der Waals surface area contributed by atoms with E-state index in [1.165, 1.54) is 17.3 Å². The second-order valence-corrected chi connectivity index (χ2v) is 7.64. The third-order valence-electron chi connectivity index (χ3n) is 4.14. The number of hydrogen-bond acceptors (Lipinski definition) is 5. The van der Waals surface area contributed by atoms with Crippen molar-refractivity contribution in [1.82, 2.24) is 14.5 Å². The van der Waals surface area contributed by atoms with E-state index in [2.05, 4.69) is 42.5 Å². The number of thioether (sulfide) groups is 1. The number of carbonyl (C=O) groups is 1. The average Bonchev–Trinajstić information content (AvgIpc) is 2.92. The third kappa shape index (κ3) is 3.46. The number of esters is 1. The van der Waals surface area contributed by atoms with Gasteiger partial charge in [-0.3, -0.25) is 9.36 Å². The molecule has 0 aliphatic heterocycles. The van der Waals surface area contributed by atoms with Crippen LogP contribution in [0.2, 0.25) is 0 Å². The number of carbonyl (C=O) groups excluding carboxylic acids is 1. The maximum Gasteiger partial charge on any atom is 0.319 e. The highest BCUT2D eigenvalue weighted by molar-refractivity contribution is 8.00. The molecule has 0 bridgehead atoms. The van der Waals surface area contributed by atoms with Crippen molar-refractivity contribution in [2.75, 3.05) is 6.61 Å². The lowest BCUT2D eigenvalue weighted by atomic mass is 10.1. The lowest BCUT2D eigenvalue weighted by Gasteiger charge is -2.16. The second kappa shape index (κ2) is 7.50. The maximum atomic E-state index is 12.1. The molecule has 1 atom stereocenters. The zero-order chi connectivity index (χ0) is 18.8. The van der Waals surface area contributed by atoms with Crippen molar-refractivity contribution in [2.45, 2.75) is 45.0 Å². The van der Waals surface area contributed by atoms with Gasteiger partial charge in [-0.05, 0) is 57.9 Å². The Bertz CT molecular complexity index is 942. The van der Waals surface area contributed by atoms with Gasteiger partial charge in [0.25, 0.3) is 0 Å². The van der Waals surface area contributed by atoms with Crippen LogP contribution in [0, 0.1) is 20.8 Å². The molecule has 3 aromatic rings. The van der Waals surface area contributed by atoms with Crippen LogP contribution in [0.1, 0.15) is 30.5 Å². The molecule has 0 amide bonds. The number of aromatic nitrogens is 3. The molecule has 2 heterocycles. The van der Waals surface area contributed by atoms with E-state index in [1.54, 1.807) is 6.20 Å². The molecular weight excluding hydrogens is 346 g/mol. The quantitative estimate of drug-likeness (QED) is 0.493. The van der Waals surface area contributed by atoms with Crippen LogP contribution in [0.25, 0.3) is 16.9 Å². The molecule has 5 nitrogen and oxygen atoms in total. The van der Waals surface area contributed by atoms with Crippen LogP contribution in [0.3, 0.4) is 0 Å². The van der Waals surface area contributed by atoms with Gasteiger partial charge in [0, 0.05) is 6.20 Å². The Morgan fingerprint density at radius 2 is 1.96 bits per heavy atom. The molecule has 1 unspecified atom stereocenters. The summed E-state index contributed by atoms with van der Waals surface area (Å²) in [5.41, 5.74) is 6.19. The number of aryl methyl sites for hydroxylation is 3. The number of nitrogens with zero attached hydrogens (tertiary/aromatic N) is 3. The third-order valence-corrected chi connectivity index (χ3v) is 5.18. The fourth-order valence-electron chi connectivity index (χ4n) is 3.16. The van der Waals surface area contributed by atoms with E-state index in [4.69, 9.17) is 9.72 Å². The number of benzene rings is 1. The summed E-state index contributed by atoms with van der Waals surface area (Å²) in [5.74, 6) is -0.235. The minimum absolute atomic E-state index is 0.235. The number of fused-ring (bicyclic) bond motifs is 1. The molecule has 0 aliphatic rings. The molecule has 0 saturated heterocycles. The molecule has 0 fully saturated rings. The molecule has 3 rings (SSSR count). The van der Waals surface area contributed by atoms with E-state index in [9.17, 15) is 4.79 Å². The summed E-state index contributed by atoms with van der Waals surface area (Å²) < 4.78 is 7.20. The molecule has 6 heteroatoms. The van der Waals surface area contributed by atoms with Crippen LogP contribution in [0.15, 0.2) is 35.6 Å². The summed E-state index contributed by atoms with van der Waals surface area (Å²) in [6.07, 6.45) is 1.77. The van der Waals surface area contributed by atoms with Crippen molar-refractivity contribution >= 4 is 28.9 Å². The molecule has 2 aromatic heterocycles. The summed E-state index contributed by atoms with van der Waals surface area (Å²) in [6.45, 7) is 10.3. The predicted octanol–water partition coefficient (Wildman–Crippen LogP) is 4.39. The van der Waals surface area contributed by atoms with Crippen LogP contribution >= 0.6 is 11.8 Å².